The van der Waals surface area contributed by atoms with E-state index in [-0.39, 0.29) is 5.96 Å². The maximum absolute atomic E-state index is 6.17. The van der Waals surface area contributed by atoms with E-state index in [4.69, 9.17) is 61.6 Å². The first-order valence-corrected chi connectivity index (χ1v) is 10.3. The highest BCUT2D eigenvalue weighted by Gasteiger charge is 2.11. The number of nitrogens with one attached hydrogen (secondary N) is 1. The van der Waals surface area contributed by atoms with Gasteiger partial charge in [-0.3, -0.25) is 0 Å². The average Bonchev–Trinajstić information content (AvgIpc) is 2.72. The molecule has 30 heavy (non-hydrogen) atoms. The summed E-state index contributed by atoms with van der Waals surface area (Å²) in [6.07, 6.45) is 2.92. The molecule has 0 heterocycles. The number of hydrogen-bond acceptors (Lipinski definition) is 5. The Morgan fingerprint density at radius 2 is 1.40 bits per heavy atom. The molecule has 0 aliphatic carbocycles. The molecule has 2 aromatic rings. The molecule has 160 valence electrons. The molecule has 7 nitrogen and oxygen atoms in total. The van der Waals surface area contributed by atoms with E-state index in [1.54, 1.807) is 24.3 Å². The van der Waals surface area contributed by atoms with Crippen LogP contribution in [0.2, 0.25) is 20.1 Å². The molecule has 0 atom stereocenters. The van der Waals surface area contributed by atoms with Crippen molar-refractivity contribution in [1.82, 2.24) is 5.43 Å². The van der Waals surface area contributed by atoms with Crippen LogP contribution >= 0.6 is 46.4 Å². The molecule has 0 aliphatic rings. The fraction of sp³-hybridized carbons (Fsp3) is 0.211. The lowest BCUT2D eigenvalue weighted by Crippen LogP contribution is -2.26. The lowest BCUT2D eigenvalue weighted by atomic mass is 10.2. The van der Waals surface area contributed by atoms with Gasteiger partial charge < -0.3 is 15.2 Å². The minimum absolute atomic E-state index is 0.0430. The van der Waals surface area contributed by atoms with Crippen LogP contribution in [-0.2, 0) is 0 Å². The van der Waals surface area contributed by atoms with Gasteiger partial charge in [0.2, 0.25) is 5.96 Å². The minimum Gasteiger partial charge on any atom is -0.492 e. The molecule has 3 N–H and O–H groups in total. The van der Waals surface area contributed by atoms with Crippen molar-refractivity contribution >= 4 is 64.8 Å². The third kappa shape index (κ3) is 6.40. The minimum atomic E-state index is -0.0430. The van der Waals surface area contributed by atoms with Gasteiger partial charge in [0.25, 0.3) is 0 Å². The average molecular weight is 491 g/mol. The van der Waals surface area contributed by atoms with E-state index in [0.29, 0.717) is 55.9 Å². The number of ether oxygens (including phenoxy) is 2. The second-order valence-corrected chi connectivity index (χ2v) is 7.10. The zero-order chi connectivity index (χ0) is 22.1. The molecule has 0 aromatic heterocycles. The van der Waals surface area contributed by atoms with Crippen LogP contribution in [0.4, 0.5) is 0 Å². The SMILES string of the molecule is CCOc1c(C=NN=C(N)NN=Cc2ccc(Cl)c(Cl)c2OCC)ccc(Cl)c1Cl. The first kappa shape index (κ1) is 24.1. The smallest absolute Gasteiger partial charge is 0.234 e. The van der Waals surface area contributed by atoms with Crippen molar-refractivity contribution in [1.29, 1.82) is 0 Å². The van der Waals surface area contributed by atoms with Crippen molar-refractivity contribution in [2.24, 2.45) is 21.0 Å². The van der Waals surface area contributed by atoms with Gasteiger partial charge in [-0.2, -0.15) is 10.2 Å². The molecule has 11 heteroatoms. The molecule has 0 amide bonds. The fourth-order valence-electron chi connectivity index (χ4n) is 2.22. The predicted octanol–water partition coefficient (Wildman–Crippen LogP) is 5.37. The van der Waals surface area contributed by atoms with Crippen molar-refractivity contribution in [3.8, 4) is 11.5 Å². The molecule has 0 saturated heterocycles. The Balaban J connectivity index is 2.10. The topological polar surface area (TPSA) is 93.6 Å². The molecule has 0 fully saturated rings. The van der Waals surface area contributed by atoms with Gasteiger partial charge in [0.05, 0.1) is 35.7 Å². The van der Waals surface area contributed by atoms with Crippen molar-refractivity contribution in [3.63, 3.8) is 0 Å². The van der Waals surface area contributed by atoms with E-state index in [0.717, 1.165) is 0 Å². The Morgan fingerprint density at radius 3 is 1.90 bits per heavy atom. The van der Waals surface area contributed by atoms with Crippen LogP contribution in [0.25, 0.3) is 0 Å². The van der Waals surface area contributed by atoms with Crippen molar-refractivity contribution in [2.45, 2.75) is 13.8 Å². The van der Waals surface area contributed by atoms with E-state index in [1.165, 1.54) is 12.4 Å². The van der Waals surface area contributed by atoms with Crippen molar-refractivity contribution in [2.75, 3.05) is 13.2 Å². The lowest BCUT2D eigenvalue weighted by Gasteiger charge is -2.10. The molecule has 0 bridgehead atoms. The Morgan fingerprint density at radius 1 is 0.900 bits per heavy atom. The highest BCUT2D eigenvalue weighted by molar-refractivity contribution is 6.43. The predicted molar refractivity (Wildman–Crippen MR) is 125 cm³/mol. The highest BCUT2D eigenvalue weighted by Crippen LogP contribution is 2.35. The van der Waals surface area contributed by atoms with E-state index < -0.39 is 0 Å². The molecule has 0 unspecified atom stereocenters. The molecule has 0 aliphatic heterocycles. The molecule has 0 radical (unpaired) electrons. The van der Waals surface area contributed by atoms with E-state index in [1.807, 2.05) is 13.8 Å². The summed E-state index contributed by atoms with van der Waals surface area (Å²) in [5.74, 6) is 0.797. The summed E-state index contributed by atoms with van der Waals surface area (Å²) in [7, 11) is 0. The van der Waals surface area contributed by atoms with Crippen LogP contribution < -0.4 is 20.6 Å². The molecular weight excluding hydrogens is 472 g/mol. The van der Waals surface area contributed by atoms with Crippen LogP contribution in [0.1, 0.15) is 25.0 Å². The Labute approximate surface area is 194 Å². The summed E-state index contributed by atoms with van der Waals surface area (Å²) in [6, 6.07) is 6.70. The van der Waals surface area contributed by atoms with Crippen molar-refractivity contribution < 1.29 is 9.47 Å². The number of hydrazone groups is 1. The summed E-state index contributed by atoms with van der Waals surface area (Å²) in [6.45, 7) is 4.51. The van der Waals surface area contributed by atoms with E-state index in [2.05, 4.69) is 20.7 Å². The summed E-state index contributed by atoms with van der Waals surface area (Å²) in [5.41, 5.74) is 9.53. The van der Waals surface area contributed by atoms with E-state index in [9.17, 15) is 0 Å². The number of benzene rings is 2. The first-order chi connectivity index (χ1) is 14.4. The largest absolute Gasteiger partial charge is 0.492 e. The van der Waals surface area contributed by atoms with Crippen molar-refractivity contribution in [3.05, 3.63) is 55.5 Å². The van der Waals surface area contributed by atoms with Crippen LogP contribution in [0.3, 0.4) is 0 Å². The number of rotatable bonds is 8. The van der Waals surface area contributed by atoms with Crippen LogP contribution in [0, 0.1) is 0 Å². The standard InChI is InChI=1S/C19H19Cl4N5O2/c1-3-29-17-11(5-7-13(20)15(17)22)9-25-27-19(24)28-26-10-12-6-8-14(21)16(23)18(12)30-4-2/h5-10H,3-4H2,1-2H3,(H3,24,27,28). The summed E-state index contributed by atoms with van der Waals surface area (Å²) < 4.78 is 11.0. The lowest BCUT2D eigenvalue weighted by molar-refractivity contribution is 0.340. The quantitative estimate of drug-likeness (QED) is 0.295. The maximum atomic E-state index is 6.17. The van der Waals surface area contributed by atoms with Crippen LogP contribution in [0.5, 0.6) is 11.5 Å². The molecule has 0 saturated carbocycles. The number of nitrogens with zero attached hydrogens (tertiary/aromatic N) is 3. The van der Waals surface area contributed by atoms with E-state index >= 15 is 0 Å². The third-order valence-electron chi connectivity index (χ3n) is 3.48. The summed E-state index contributed by atoms with van der Waals surface area (Å²) in [5, 5.41) is 13.1. The Kier molecular flexibility index (Phi) is 9.52. The zero-order valence-corrected chi connectivity index (χ0v) is 19.1. The molecule has 2 rings (SSSR count). The number of nitrogens with two attached hydrogens (primary N) is 1. The highest BCUT2D eigenvalue weighted by atomic mass is 35.5. The fourth-order valence-corrected chi connectivity index (χ4v) is 2.97. The monoisotopic (exact) mass is 489 g/mol. The van der Waals surface area contributed by atoms with Crippen LogP contribution in [-0.4, -0.2) is 31.6 Å². The van der Waals surface area contributed by atoms with Gasteiger partial charge in [-0.25, -0.2) is 5.43 Å². The molecular formula is C19H19Cl4N5O2. The summed E-state index contributed by atoms with van der Waals surface area (Å²) in [4.78, 5) is 0. The normalized spacial score (nSPS) is 12.0. The van der Waals surface area contributed by atoms with Gasteiger partial charge in [-0.15, -0.1) is 5.10 Å². The van der Waals surface area contributed by atoms with Gasteiger partial charge in [0.15, 0.2) is 0 Å². The number of hydrogen-bond donors (Lipinski definition) is 2. The zero-order valence-electron chi connectivity index (χ0n) is 16.1. The molecule has 2 aromatic carbocycles. The first-order valence-electron chi connectivity index (χ1n) is 8.76. The number of guanidine groups is 1. The van der Waals surface area contributed by atoms with Gasteiger partial charge >= 0.3 is 0 Å². The van der Waals surface area contributed by atoms with Gasteiger partial charge in [0.1, 0.15) is 21.5 Å². The Hall–Kier alpha value is -2.19. The Bertz CT molecular complexity index is 980. The third-order valence-corrected chi connectivity index (χ3v) is 5.06. The number of halogens is 4. The van der Waals surface area contributed by atoms with Gasteiger partial charge in [0, 0.05) is 11.1 Å². The van der Waals surface area contributed by atoms with Crippen LogP contribution in [0.15, 0.2) is 39.6 Å². The summed E-state index contributed by atoms with van der Waals surface area (Å²) >= 11 is 24.3. The maximum Gasteiger partial charge on any atom is 0.234 e. The second-order valence-electron chi connectivity index (χ2n) is 5.53. The van der Waals surface area contributed by atoms with Gasteiger partial charge in [-0.1, -0.05) is 46.4 Å². The molecule has 0 spiro atoms. The second kappa shape index (κ2) is 11.9. The van der Waals surface area contributed by atoms with Gasteiger partial charge in [-0.05, 0) is 38.1 Å².